The maximum absolute atomic E-state index is 4.17. The molecule has 3 heteroatoms. The molecule has 2 aliphatic carbocycles. The summed E-state index contributed by atoms with van der Waals surface area (Å²) in [6, 6.07) is 41.0. The van der Waals surface area contributed by atoms with Crippen molar-refractivity contribution in [2.45, 2.75) is 11.9 Å². The van der Waals surface area contributed by atoms with Crippen LogP contribution in [0.5, 0.6) is 0 Å². The molecule has 0 heterocycles. The molecule has 0 bridgehead atoms. The van der Waals surface area contributed by atoms with Crippen molar-refractivity contribution in [3.05, 3.63) is 144 Å². The van der Waals surface area contributed by atoms with E-state index in [2.05, 4.69) is 138 Å². The van der Waals surface area contributed by atoms with Crippen LogP contribution in [0.2, 0.25) is 4.63 Å². The second-order valence-electron chi connectivity index (χ2n) is 9.61. The van der Waals surface area contributed by atoms with Gasteiger partial charge in [-0.2, -0.15) is 0 Å². The number of hydrogen-bond acceptors (Lipinski definition) is 0. The summed E-state index contributed by atoms with van der Waals surface area (Å²) >= 11 is -4.17. The zero-order chi connectivity index (χ0) is 21.6. The van der Waals surface area contributed by atoms with Gasteiger partial charge in [0.25, 0.3) is 0 Å². The Morgan fingerprint density at radius 1 is 0.500 bits per heavy atom. The van der Waals surface area contributed by atoms with Gasteiger partial charge < -0.3 is 0 Å². The van der Waals surface area contributed by atoms with Crippen molar-refractivity contribution >= 4 is 48.1 Å². The van der Waals surface area contributed by atoms with E-state index in [1.165, 1.54) is 22.3 Å². The molecule has 4 aromatic carbocycles. The van der Waals surface area contributed by atoms with Gasteiger partial charge in [-0.05, 0) is 0 Å². The van der Waals surface area contributed by atoms with Crippen LogP contribution < -0.4 is 6.54 Å². The zero-order valence-corrected chi connectivity index (χ0v) is 24.2. The van der Waals surface area contributed by atoms with E-state index in [0.29, 0.717) is 7.25 Å². The molecule has 0 saturated carbocycles. The molecule has 2 atom stereocenters. The van der Waals surface area contributed by atoms with Crippen LogP contribution in [0.25, 0.3) is 12.2 Å². The Kier molecular flexibility index (Phi) is 7.07. The van der Waals surface area contributed by atoms with Gasteiger partial charge in [-0.25, -0.2) is 0 Å². The fourth-order valence-corrected chi connectivity index (χ4v) is 25.4. The monoisotopic (exact) mass is 605 g/mol. The molecule has 0 nitrogen and oxygen atoms in total. The Labute approximate surface area is 220 Å². The van der Waals surface area contributed by atoms with Crippen LogP contribution in [-0.2, 0) is 18.8 Å². The van der Waals surface area contributed by atoms with Crippen LogP contribution in [0.3, 0.4) is 0 Å². The van der Waals surface area contributed by atoms with Gasteiger partial charge in [0, 0.05) is 0 Å². The van der Waals surface area contributed by atoms with Gasteiger partial charge in [-0.1, -0.05) is 0 Å². The van der Waals surface area contributed by atoms with E-state index >= 15 is 0 Å². The van der Waals surface area contributed by atoms with Gasteiger partial charge >= 0.3 is 193 Å². The average molecular weight is 608 g/mol. The molecule has 0 aliphatic heterocycles. The summed E-state index contributed by atoms with van der Waals surface area (Å²) in [5.41, 5.74) is 5.74. The van der Waals surface area contributed by atoms with Crippen molar-refractivity contribution in [2.75, 3.05) is 0 Å². The number of benzene rings is 4. The third-order valence-electron chi connectivity index (χ3n) is 8.28. The third-order valence-corrected chi connectivity index (χ3v) is 27.8. The van der Waals surface area contributed by atoms with Crippen LogP contribution in [0.15, 0.2) is 121 Å². The molecule has 34 heavy (non-hydrogen) atoms. The normalized spacial score (nSPS) is 18.7. The first-order valence-electron chi connectivity index (χ1n) is 11.5. The van der Waals surface area contributed by atoms with Crippen molar-refractivity contribution in [1.82, 2.24) is 0 Å². The summed E-state index contributed by atoms with van der Waals surface area (Å²) in [6.45, 7) is 0. The summed E-state index contributed by atoms with van der Waals surface area (Å²) in [5, 5.41) is 0. The van der Waals surface area contributed by atoms with E-state index in [1.54, 1.807) is 6.54 Å². The second-order valence-corrected chi connectivity index (χ2v) is 25.1. The molecule has 4 aromatic rings. The number of halogens is 2. The summed E-state index contributed by atoms with van der Waals surface area (Å²) < 4.78 is 6.62. The van der Waals surface area contributed by atoms with Crippen LogP contribution in [0.4, 0.5) is 0 Å². The number of rotatable bonds is 4. The number of hydrogen-bond donors (Lipinski definition) is 0. The quantitative estimate of drug-likeness (QED) is 0.221. The van der Waals surface area contributed by atoms with Gasteiger partial charge in [0.2, 0.25) is 0 Å². The van der Waals surface area contributed by atoms with Gasteiger partial charge in [0.05, 0.1) is 0 Å². The van der Waals surface area contributed by atoms with Crippen molar-refractivity contribution < 1.29 is 18.8 Å². The number of allylic oxidation sites excluding steroid dienone is 2. The summed E-state index contributed by atoms with van der Waals surface area (Å²) in [5.74, 6) is 0. The summed E-state index contributed by atoms with van der Waals surface area (Å²) in [4.78, 5) is 0. The predicted octanol–water partition coefficient (Wildman–Crippen LogP) is 7.91. The van der Waals surface area contributed by atoms with E-state index in [9.17, 15) is 0 Å². The van der Waals surface area contributed by atoms with Gasteiger partial charge in [0.15, 0.2) is 0 Å². The third kappa shape index (κ3) is 3.41. The first-order chi connectivity index (χ1) is 15.7. The molecule has 0 aromatic heterocycles. The topological polar surface area (TPSA) is 0 Å². The Bertz CT molecular complexity index is 1260. The molecule has 6 rings (SSSR count). The minimum atomic E-state index is -4.17. The fourth-order valence-electron chi connectivity index (χ4n) is 6.64. The minimum absolute atomic E-state index is 0. The van der Waals surface area contributed by atoms with Gasteiger partial charge in [0.1, 0.15) is 0 Å². The Hall–Kier alpha value is -1.99. The van der Waals surface area contributed by atoms with E-state index in [0.717, 1.165) is 0 Å². The zero-order valence-electron chi connectivity index (χ0n) is 19.2. The average Bonchev–Trinajstić information content (AvgIpc) is 3.50. The Morgan fingerprint density at radius 3 is 1.26 bits per heavy atom. The van der Waals surface area contributed by atoms with Crippen molar-refractivity contribution in [1.29, 1.82) is 0 Å². The summed E-state index contributed by atoms with van der Waals surface area (Å²) in [6.07, 6.45) is 9.80. The molecule has 0 radical (unpaired) electrons. The molecule has 171 valence electrons. The van der Waals surface area contributed by atoms with Crippen molar-refractivity contribution in [3.63, 3.8) is 0 Å². The Morgan fingerprint density at radius 2 is 0.853 bits per heavy atom. The van der Waals surface area contributed by atoms with E-state index in [-0.39, 0.29) is 29.4 Å². The number of fused-ring (bicyclic) bond motifs is 2. The van der Waals surface area contributed by atoms with Gasteiger partial charge in [-0.15, -0.1) is 29.4 Å². The molecular formula is C31H29BrClZr. The molecule has 0 spiro atoms. The van der Waals surface area contributed by atoms with E-state index < -0.39 is 18.8 Å². The maximum atomic E-state index is 2.71. The van der Waals surface area contributed by atoms with Crippen molar-refractivity contribution in [3.8, 4) is 0 Å². The molecular weight excluding hydrogens is 579 g/mol. The summed E-state index contributed by atoms with van der Waals surface area (Å²) in [7, 11) is 0. The molecule has 2 unspecified atom stereocenters. The molecule has 2 aliphatic rings. The molecule has 0 amide bonds. The van der Waals surface area contributed by atoms with Crippen LogP contribution in [0.1, 0.15) is 29.5 Å². The second kappa shape index (κ2) is 9.58. The van der Waals surface area contributed by atoms with E-state index in [4.69, 9.17) is 0 Å². The van der Waals surface area contributed by atoms with Crippen molar-refractivity contribution in [2.24, 2.45) is 0 Å². The van der Waals surface area contributed by atoms with Crippen LogP contribution in [-0.4, -0.2) is 0 Å². The molecule has 0 fully saturated rings. The predicted molar refractivity (Wildman–Crippen MR) is 152 cm³/mol. The first kappa shape index (κ1) is 25.1. The standard InChI is InChI=1S/2C9H7.2C6H5.CH3.BrH.ClH.Zr/c2*1-2-5-9-7-3-6-8(9)4-1;2*1-2-4-6-5-3-1;;;;/h2*1-7H;2*1-5H;1H3;2*1H;. The van der Waals surface area contributed by atoms with Crippen LogP contribution >= 0.6 is 29.4 Å². The van der Waals surface area contributed by atoms with Gasteiger partial charge in [-0.3, -0.25) is 0 Å². The molecule has 0 N–H and O–H groups in total. The first-order valence-corrected chi connectivity index (χ1v) is 19.3. The SMILES string of the molecule is Br.Cl.[CH3][Zr]([c]1ccccc1)([c]1ccccc1)([CH]1C=Cc2ccccc21)[CH]1C=Cc2ccccc21. The molecule has 0 saturated heterocycles. The van der Waals surface area contributed by atoms with E-state index in [1.807, 2.05) is 0 Å². The van der Waals surface area contributed by atoms with Crippen LogP contribution in [0, 0.1) is 0 Å². The fraction of sp³-hybridized carbons (Fsp3) is 0.0968. The Balaban J connectivity index is 0.00000137.